The molecular formula is C13H8BrClF2N2O. The Labute approximate surface area is 126 Å². The summed E-state index contributed by atoms with van der Waals surface area (Å²) in [5, 5.41) is 2.17. The van der Waals surface area contributed by atoms with Crippen LogP contribution in [0.1, 0.15) is 10.4 Å². The second-order valence-electron chi connectivity index (χ2n) is 3.91. The van der Waals surface area contributed by atoms with Crippen LogP contribution in [0.15, 0.2) is 34.8 Å². The van der Waals surface area contributed by atoms with Crippen molar-refractivity contribution in [2.45, 2.75) is 0 Å². The number of amides is 1. The van der Waals surface area contributed by atoms with Gasteiger partial charge in [0.2, 0.25) is 0 Å². The molecule has 2 aromatic rings. The van der Waals surface area contributed by atoms with Crippen molar-refractivity contribution in [3.05, 3.63) is 57.0 Å². The number of nitrogens with one attached hydrogen (secondary N) is 1. The van der Waals surface area contributed by atoms with Gasteiger partial charge in [0.1, 0.15) is 5.69 Å². The van der Waals surface area contributed by atoms with Gasteiger partial charge in [-0.2, -0.15) is 0 Å². The molecule has 3 nitrogen and oxygen atoms in total. The first-order valence-electron chi connectivity index (χ1n) is 5.40. The number of nitrogens with two attached hydrogens (primary N) is 1. The summed E-state index contributed by atoms with van der Waals surface area (Å²) < 4.78 is 27.5. The molecule has 0 aliphatic carbocycles. The first kappa shape index (κ1) is 14.7. The summed E-state index contributed by atoms with van der Waals surface area (Å²) in [5.41, 5.74) is 5.26. The van der Waals surface area contributed by atoms with Crippen LogP contribution >= 0.6 is 27.5 Å². The maximum absolute atomic E-state index is 13.6. The van der Waals surface area contributed by atoms with Crippen molar-refractivity contribution in [1.29, 1.82) is 0 Å². The minimum absolute atomic E-state index is 0.0305. The maximum atomic E-state index is 13.6. The van der Waals surface area contributed by atoms with E-state index in [-0.39, 0.29) is 20.7 Å². The number of rotatable bonds is 2. The van der Waals surface area contributed by atoms with Gasteiger partial charge in [-0.3, -0.25) is 4.79 Å². The highest BCUT2D eigenvalue weighted by molar-refractivity contribution is 9.10. The summed E-state index contributed by atoms with van der Waals surface area (Å²) in [7, 11) is 0. The smallest absolute Gasteiger partial charge is 0.257 e. The van der Waals surface area contributed by atoms with Gasteiger partial charge in [-0.05, 0) is 24.3 Å². The monoisotopic (exact) mass is 360 g/mol. The first-order valence-corrected chi connectivity index (χ1v) is 6.57. The van der Waals surface area contributed by atoms with Gasteiger partial charge in [-0.15, -0.1) is 0 Å². The highest BCUT2D eigenvalue weighted by Crippen LogP contribution is 2.27. The molecule has 104 valence electrons. The summed E-state index contributed by atoms with van der Waals surface area (Å²) in [4.78, 5) is 12.0. The average molecular weight is 362 g/mol. The lowest BCUT2D eigenvalue weighted by atomic mass is 10.2. The lowest BCUT2D eigenvalue weighted by Gasteiger charge is -2.10. The Morgan fingerprint density at radius 1 is 1.25 bits per heavy atom. The number of hydrogen-bond donors (Lipinski definition) is 2. The third kappa shape index (κ3) is 2.91. The van der Waals surface area contributed by atoms with Crippen LogP contribution in [-0.4, -0.2) is 5.91 Å². The Hall–Kier alpha value is -1.66. The number of nitrogen functional groups attached to an aromatic ring is 1. The van der Waals surface area contributed by atoms with Crippen molar-refractivity contribution in [2.24, 2.45) is 0 Å². The fourth-order valence-corrected chi connectivity index (χ4v) is 2.18. The van der Waals surface area contributed by atoms with Crippen LogP contribution in [0.2, 0.25) is 5.02 Å². The minimum Gasteiger partial charge on any atom is -0.398 e. The van der Waals surface area contributed by atoms with Crippen LogP contribution in [0.25, 0.3) is 0 Å². The molecule has 0 saturated carbocycles. The molecule has 0 spiro atoms. The molecule has 0 aliphatic heterocycles. The summed E-state index contributed by atoms with van der Waals surface area (Å²) in [6, 6.07) is 6.52. The predicted molar refractivity (Wildman–Crippen MR) is 77.9 cm³/mol. The third-order valence-electron chi connectivity index (χ3n) is 2.52. The van der Waals surface area contributed by atoms with Gasteiger partial charge in [-0.1, -0.05) is 33.6 Å². The zero-order valence-corrected chi connectivity index (χ0v) is 12.2. The molecule has 2 aromatic carbocycles. The Bertz CT molecular complexity index is 671. The number of anilines is 2. The SMILES string of the molecule is Nc1cccc(C(=O)Nc2c(F)cc(Br)cc2F)c1Cl. The molecule has 0 atom stereocenters. The molecule has 0 saturated heterocycles. The molecule has 0 radical (unpaired) electrons. The van der Waals surface area contributed by atoms with Crippen molar-refractivity contribution in [3.8, 4) is 0 Å². The topological polar surface area (TPSA) is 55.1 Å². The average Bonchev–Trinajstić information content (AvgIpc) is 2.36. The van der Waals surface area contributed by atoms with Gasteiger partial charge in [0.15, 0.2) is 11.6 Å². The van der Waals surface area contributed by atoms with Crippen molar-refractivity contribution >= 4 is 44.8 Å². The van der Waals surface area contributed by atoms with Gasteiger partial charge in [-0.25, -0.2) is 8.78 Å². The zero-order valence-electron chi connectivity index (χ0n) is 9.88. The second-order valence-corrected chi connectivity index (χ2v) is 5.20. The normalized spacial score (nSPS) is 10.4. The Balaban J connectivity index is 2.36. The number of halogens is 4. The van der Waals surface area contributed by atoms with Crippen LogP contribution in [0.5, 0.6) is 0 Å². The van der Waals surface area contributed by atoms with Crippen molar-refractivity contribution in [1.82, 2.24) is 0 Å². The number of benzene rings is 2. The summed E-state index contributed by atoms with van der Waals surface area (Å²) in [6.45, 7) is 0. The van der Waals surface area contributed by atoms with Crippen LogP contribution in [0.3, 0.4) is 0 Å². The van der Waals surface area contributed by atoms with Gasteiger partial charge < -0.3 is 11.1 Å². The van der Waals surface area contributed by atoms with Gasteiger partial charge in [0, 0.05) is 4.47 Å². The number of carbonyl (C=O) groups excluding carboxylic acids is 1. The highest BCUT2D eigenvalue weighted by atomic mass is 79.9. The van der Waals surface area contributed by atoms with E-state index in [1.54, 1.807) is 0 Å². The van der Waals surface area contributed by atoms with Crippen LogP contribution in [0, 0.1) is 11.6 Å². The third-order valence-corrected chi connectivity index (χ3v) is 3.40. The van der Waals surface area contributed by atoms with E-state index in [0.717, 1.165) is 12.1 Å². The fraction of sp³-hybridized carbons (Fsp3) is 0. The van der Waals surface area contributed by atoms with E-state index < -0.39 is 23.2 Å². The fourth-order valence-electron chi connectivity index (χ4n) is 1.57. The molecule has 0 heterocycles. The van der Waals surface area contributed by atoms with E-state index in [1.807, 2.05) is 0 Å². The van der Waals surface area contributed by atoms with Crippen LogP contribution in [0.4, 0.5) is 20.2 Å². The Morgan fingerprint density at radius 2 is 1.85 bits per heavy atom. The van der Waals surface area contributed by atoms with Gasteiger partial charge in [0.25, 0.3) is 5.91 Å². The zero-order chi connectivity index (χ0) is 14.9. The van der Waals surface area contributed by atoms with E-state index in [1.165, 1.54) is 18.2 Å². The molecule has 7 heteroatoms. The van der Waals surface area contributed by atoms with Crippen molar-refractivity contribution in [3.63, 3.8) is 0 Å². The Kier molecular flexibility index (Phi) is 4.25. The number of hydrogen-bond acceptors (Lipinski definition) is 2. The molecule has 0 aliphatic rings. The van der Waals surface area contributed by atoms with Crippen LogP contribution in [-0.2, 0) is 0 Å². The lowest BCUT2D eigenvalue weighted by Crippen LogP contribution is -2.15. The molecule has 20 heavy (non-hydrogen) atoms. The molecule has 3 N–H and O–H groups in total. The minimum atomic E-state index is -0.898. The number of carbonyl (C=O) groups is 1. The van der Waals surface area contributed by atoms with E-state index >= 15 is 0 Å². The second kappa shape index (κ2) is 5.76. The maximum Gasteiger partial charge on any atom is 0.257 e. The molecule has 1 amide bonds. The summed E-state index contributed by atoms with van der Waals surface area (Å²) in [5.74, 6) is -2.54. The quantitative estimate of drug-likeness (QED) is 0.787. The summed E-state index contributed by atoms with van der Waals surface area (Å²) in [6.07, 6.45) is 0. The van der Waals surface area contributed by atoms with Crippen LogP contribution < -0.4 is 11.1 Å². The molecule has 0 bridgehead atoms. The largest absolute Gasteiger partial charge is 0.398 e. The summed E-state index contributed by atoms with van der Waals surface area (Å²) >= 11 is 8.83. The Morgan fingerprint density at radius 3 is 2.45 bits per heavy atom. The molecule has 2 rings (SSSR count). The molecular weight excluding hydrogens is 354 g/mol. The lowest BCUT2D eigenvalue weighted by molar-refractivity contribution is 0.102. The van der Waals surface area contributed by atoms with E-state index in [0.29, 0.717) is 0 Å². The standard InChI is InChI=1S/C13H8BrClF2N2O/c14-6-4-8(16)12(9(17)5-6)19-13(20)7-2-1-3-10(18)11(7)15/h1-5H,18H2,(H,19,20). The van der Waals surface area contributed by atoms with Gasteiger partial charge in [0.05, 0.1) is 16.3 Å². The molecule has 0 unspecified atom stereocenters. The first-order chi connectivity index (χ1) is 9.40. The van der Waals surface area contributed by atoms with E-state index in [4.69, 9.17) is 17.3 Å². The highest BCUT2D eigenvalue weighted by Gasteiger charge is 2.17. The van der Waals surface area contributed by atoms with E-state index in [9.17, 15) is 13.6 Å². The van der Waals surface area contributed by atoms with E-state index in [2.05, 4.69) is 21.2 Å². The van der Waals surface area contributed by atoms with Gasteiger partial charge >= 0.3 is 0 Å². The van der Waals surface area contributed by atoms with Crippen molar-refractivity contribution < 1.29 is 13.6 Å². The molecule has 0 aromatic heterocycles. The molecule has 0 fully saturated rings. The predicted octanol–water partition coefficient (Wildman–Crippen LogP) is 4.22. The van der Waals surface area contributed by atoms with Crippen molar-refractivity contribution in [2.75, 3.05) is 11.1 Å².